The molecule has 3 aromatic rings. The van der Waals surface area contributed by atoms with E-state index in [2.05, 4.69) is 15.5 Å². The van der Waals surface area contributed by atoms with Gasteiger partial charge >= 0.3 is 12.0 Å². The Hall–Kier alpha value is -4.57. The van der Waals surface area contributed by atoms with Crippen LogP contribution < -0.4 is 20.1 Å². The average Bonchev–Trinajstić information content (AvgIpc) is 3.01. The predicted molar refractivity (Wildman–Crippen MR) is 166 cm³/mol. The largest absolute Gasteiger partial charge is 0.495 e. The molecular weight excluding hydrogens is 548 g/mol. The van der Waals surface area contributed by atoms with E-state index in [4.69, 9.17) is 14.6 Å². The van der Waals surface area contributed by atoms with Gasteiger partial charge < -0.3 is 35.0 Å². The maximum atomic E-state index is 13.5. The Bertz CT molecular complexity index is 1390. The van der Waals surface area contributed by atoms with E-state index in [-0.39, 0.29) is 24.5 Å². The van der Waals surface area contributed by atoms with Crippen molar-refractivity contribution in [1.82, 2.24) is 9.80 Å². The van der Waals surface area contributed by atoms with Gasteiger partial charge in [0.05, 0.1) is 31.3 Å². The fraction of sp³-hybridized carbons (Fsp3) is 0.364. The summed E-state index contributed by atoms with van der Waals surface area (Å²) >= 11 is 0. The van der Waals surface area contributed by atoms with Crippen molar-refractivity contribution in [2.75, 3.05) is 57.1 Å². The van der Waals surface area contributed by atoms with Crippen LogP contribution in [0.3, 0.4) is 0 Å². The van der Waals surface area contributed by atoms with Crippen molar-refractivity contribution >= 4 is 29.3 Å². The van der Waals surface area contributed by atoms with E-state index < -0.39 is 12.0 Å². The third kappa shape index (κ3) is 9.47. The highest BCUT2D eigenvalue weighted by Gasteiger charge is 2.19. The van der Waals surface area contributed by atoms with E-state index in [9.17, 15) is 14.4 Å². The Balaban J connectivity index is 1.38. The van der Waals surface area contributed by atoms with Crippen LogP contribution in [0, 0.1) is 6.92 Å². The zero-order valence-electron chi connectivity index (χ0n) is 24.8. The summed E-state index contributed by atoms with van der Waals surface area (Å²) in [5, 5.41) is 14.8. The molecule has 0 unspecified atom stereocenters. The number of anilines is 2. The van der Waals surface area contributed by atoms with Gasteiger partial charge in [0.15, 0.2) is 0 Å². The second kappa shape index (κ2) is 15.6. The summed E-state index contributed by atoms with van der Waals surface area (Å²) < 4.78 is 11.4. The molecule has 0 saturated carbocycles. The van der Waals surface area contributed by atoms with Gasteiger partial charge in [0.2, 0.25) is 5.91 Å². The lowest BCUT2D eigenvalue weighted by Crippen LogP contribution is -2.42. The topological polar surface area (TPSA) is 120 Å². The van der Waals surface area contributed by atoms with Gasteiger partial charge in [-0.3, -0.25) is 4.79 Å². The number of para-hydroxylation sites is 1. The van der Waals surface area contributed by atoms with Gasteiger partial charge in [-0.05, 0) is 86.4 Å². The Morgan fingerprint density at radius 1 is 0.907 bits per heavy atom. The van der Waals surface area contributed by atoms with Gasteiger partial charge in [-0.15, -0.1) is 0 Å². The minimum Gasteiger partial charge on any atom is -0.495 e. The number of nitrogens with one attached hydrogen (secondary N) is 2. The molecule has 228 valence electrons. The molecule has 43 heavy (non-hydrogen) atoms. The van der Waals surface area contributed by atoms with Crippen LogP contribution in [0.1, 0.15) is 40.7 Å². The third-order valence-electron chi connectivity index (χ3n) is 7.48. The number of carbonyl (C=O) groups is 3. The number of nitrogens with zero attached hydrogens (tertiary/aromatic N) is 2. The summed E-state index contributed by atoms with van der Waals surface area (Å²) in [5.74, 6) is -0.0279. The molecule has 0 atom stereocenters. The molecule has 0 bridgehead atoms. The first-order valence-electron chi connectivity index (χ1n) is 14.6. The minimum atomic E-state index is -0.994. The van der Waals surface area contributed by atoms with E-state index in [1.54, 1.807) is 24.3 Å². The van der Waals surface area contributed by atoms with Gasteiger partial charge in [0.25, 0.3) is 0 Å². The van der Waals surface area contributed by atoms with Gasteiger partial charge in [-0.1, -0.05) is 30.7 Å². The van der Waals surface area contributed by atoms with Gasteiger partial charge in [-0.25, -0.2) is 9.59 Å². The first-order chi connectivity index (χ1) is 20.8. The molecule has 3 N–H and O–H groups in total. The maximum Gasteiger partial charge on any atom is 0.335 e. The second-order valence-corrected chi connectivity index (χ2v) is 10.6. The summed E-state index contributed by atoms with van der Waals surface area (Å²) in [6.07, 6.45) is 3.76. The van der Waals surface area contributed by atoms with Crippen LogP contribution in [0.2, 0.25) is 0 Å². The number of carbonyl (C=O) groups excluding carboxylic acids is 2. The maximum absolute atomic E-state index is 13.5. The molecule has 0 spiro atoms. The fourth-order valence-electron chi connectivity index (χ4n) is 5.00. The number of hydrogen-bond donors (Lipinski definition) is 3. The van der Waals surface area contributed by atoms with E-state index >= 15 is 0 Å². The molecular formula is C33H40N4O6. The van der Waals surface area contributed by atoms with Crippen LogP contribution in [0.25, 0.3) is 0 Å². The fourth-order valence-corrected chi connectivity index (χ4v) is 5.00. The number of amides is 3. The van der Waals surface area contributed by atoms with Gasteiger partial charge in [0.1, 0.15) is 18.1 Å². The lowest BCUT2D eigenvalue weighted by Gasteiger charge is -2.30. The van der Waals surface area contributed by atoms with Crippen molar-refractivity contribution in [3.63, 3.8) is 0 Å². The van der Waals surface area contributed by atoms with Crippen molar-refractivity contribution in [2.45, 2.75) is 32.6 Å². The normalized spacial score (nSPS) is 13.2. The number of piperidine rings is 1. The second-order valence-electron chi connectivity index (χ2n) is 10.6. The standard InChI is InChI=1S/C33H40N4O6/c1-24-8-4-5-9-28(24)34-33(41)35-29-15-10-25(22-30(29)42-2)23-31(38)37(19-18-36-16-6-3-7-17-36)20-21-43-27-13-11-26(12-14-27)32(39)40/h4-5,8-15,22H,3,6-7,16-21,23H2,1-2H3,(H,39,40)(H2,34,35,41). The highest BCUT2D eigenvalue weighted by atomic mass is 16.5. The molecule has 0 aromatic heterocycles. The number of urea groups is 1. The number of carboxylic acid groups (broad SMARTS) is 1. The quantitative estimate of drug-likeness (QED) is 0.248. The Morgan fingerprint density at radius 2 is 1.63 bits per heavy atom. The number of aromatic carboxylic acids is 1. The Labute approximate surface area is 252 Å². The molecule has 1 aliphatic rings. The Kier molecular flexibility index (Phi) is 11.4. The SMILES string of the molecule is COc1cc(CC(=O)N(CCOc2ccc(C(=O)O)cc2)CCN2CCCCC2)ccc1NC(=O)Nc1ccccc1C. The number of aryl methyl sites for hydroxylation is 1. The molecule has 3 amide bonds. The summed E-state index contributed by atoms with van der Waals surface area (Å²) in [6.45, 7) is 6.04. The summed E-state index contributed by atoms with van der Waals surface area (Å²) in [7, 11) is 1.52. The first kappa shape index (κ1) is 31.4. The van der Waals surface area contributed by atoms with Crippen molar-refractivity contribution < 1.29 is 29.0 Å². The van der Waals surface area contributed by atoms with Crippen LogP contribution >= 0.6 is 0 Å². The molecule has 0 radical (unpaired) electrons. The minimum absolute atomic E-state index is 0.0399. The van der Waals surface area contributed by atoms with Crippen LogP contribution in [-0.4, -0.2) is 79.3 Å². The zero-order chi connectivity index (χ0) is 30.6. The number of hydrogen-bond acceptors (Lipinski definition) is 6. The summed E-state index contributed by atoms with van der Waals surface area (Å²) in [5.41, 5.74) is 3.11. The number of ether oxygens (including phenoxy) is 2. The lowest BCUT2D eigenvalue weighted by atomic mass is 10.1. The van der Waals surface area contributed by atoms with Gasteiger partial charge in [0, 0.05) is 18.8 Å². The number of benzene rings is 3. The number of likely N-dealkylation sites (tertiary alicyclic amines) is 1. The Morgan fingerprint density at radius 3 is 2.33 bits per heavy atom. The monoisotopic (exact) mass is 588 g/mol. The van der Waals surface area contributed by atoms with Crippen LogP contribution in [0.15, 0.2) is 66.7 Å². The van der Waals surface area contributed by atoms with Crippen molar-refractivity contribution in [3.8, 4) is 11.5 Å². The molecule has 1 heterocycles. The first-order valence-corrected chi connectivity index (χ1v) is 14.6. The number of rotatable bonds is 13. The lowest BCUT2D eigenvalue weighted by molar-refractivity contribution is -0.131. The average molecular weight is 589 g/mol. The molecule has 3 aromatic carbocycles. The van der Waals surface area contributed by atoms with Crippen LogP contribution in [-0.2, 0) is 11.2 Å². The highest BCUT2D eigenvalue weighted by Crippen LogP contribution is 2.27. The summed E-state index contributed by atoms with van der Waals surface area (Å²) in [4.78, 5) is 41.4. The van der Waals surface area contributed by atoms with Crippen LogP contribution in [0.5, 0.6) is 11.5 Å². The molecule has 4 rings (SSSR count). The molecule has 1 saturated heterocycles. The zero-order valence-corrected chi connectivity index (χ0v) is 24.8. The van der Waals surface area contributed by atoms with Crippen molar-refractivity contribution in [1.29, 1.82) is 0 Å². The third-order valence-corrected chi connectivity index (χ3v) is 7.48. The van der Waals surface area contributed by atoms with E-state index in [0.717, 1.165) is 30.8 Å². The summed E-state index contributed by atoms with van der Waals surface area (Å²) in [6, 6.07) is 18.7. The van der Waals surface area contributed by atoms with E-state index in [1.165, 1.54) is 38.5 Å². The molecule has 1 fully saturated rings. The number of methoxy groups -OCH3 is 1. The number of carboxylic acids is 1. The van der Waals surface area contributed by atoms with Crippen LogP contribution in [0.4, 0.5) is 16.2 Å². The molecule has 10 nitrogen and oxygen atoms in total. The van der Waals surface area contributed by atoms with Crippen molar-refractivity contribution in [2.24, 2.45) is 0 Å². The molecule has 0 aliphatic carbocycles. The van der Waals surface area contributed by atoms with E-state index in [1.807, 2.05) is 42.2 Å². The molecule has 10 heteroatoms. The molecule has 1 aliphatic heterocycles. The van der Waals surface area contributed by atoms with E-state index in [0.29, 0.717) is 36.0 Å². The van der Waals surface area contributed by atoms with Crippen molar-refractivity contribution in [3.05, 3.63) is 83.4 Å². The smallest absolute Gasteiger partial charge is 0.335 e. The predicted octanol–water partition coefficient (Wildman–Crippen LogP) is 5.28. The highest BCUT2D eigenvalue weighted by molar-refractivity contribution is 6.01. The van der Waals surface area contributed by atoms with Gasteiger partial charge in [-0.2, -0.15) is 0 Å².